The van der Waals surface area contributed by atoms with E-state index in [2.05, 4.69) is 47.0 Å². The van der Waals surface area contributed by atoms with E-state index in [1.807, 2.05) is 0 Å². The molecule has 0 saturated heterocycles. The lowest BCUT2D eigenvalue weighted by atomic mass is 10.3. The van der Waals surface area contributed by atoms with Crippen molar-refractivity contribution in [3.8, 4) is 0 Å². The molecule has 11 heavy (non-hydrogen) atoms. The van der Waals surface area contributed by atoms with Gasteiger partial charge in [0.1, 0.15) is 10.1 Å². The molecule has 56 valence electrons. The van der Waals surface area contributed by atoms with E-state index >= 15 is 0 Å². The summed E-state index contributed by atoms with van der Waals surface area (Å²) in [7, 11) is 0. The van der Waals surface area contributed by atoms with Crippen LogP contribution in [0.5, 0.6) is 0 Å². The lowest BCUT2D eigenvalue weighted by Gasteiger charge is -1.88. The van der Waals surface area contributed by atoms with Crippen LogP contribution in [0.2, 0.25) is 0 Å². The van der Waals surface area contributed by atoms with Crippen molar-refractivity contribution >= 4 is 42.8 Å². The molecule has 2 heterocycles. The second kappa shape index (κ2) is 2.57. The van der Waals surface area contributed by atoms with Crippen LogP contribution in [0.4, 0.5) is 0 Å². The van der Waals surface area contributed by atoms with Gasteiger partial charge in [-0.05, 0) is 31.9 Å². The predicted molar refractivity (Wildman–Crippen MR) is 49.3 cm³/mol. The molecule has 2 aromatic heterocycles. The highest BCUT2D eigenvalue weighted by molar-refractivity contribution is 9.11. The fourth-order valence-electron chi connectivity index (χ4n) is 0.868. The average Bonchev–Trinajstić information content (AvgIpc) is 2.35. The fourth-order valence-corrected chi connectivity index (χ4v) is 1.67. The van der Waals surface area contributed by atoms with E-state index in [-0.39, 0.29) is 0 Å². The van der Waals surface area contributed by atoms with Gasteiger partial charge in [0.15, 0.2) is 0 Å². The first kappa shape index (κ1) is 7.24. The molecule has 5 heteroatoms. The highest BCUT2D eigenvalue weighted by atomic mass is 79.9. The maximum atomic E-state index is 4.06. The van der Waals surface area contributed by atoms with Gasteiger partial charge in [0.05, 0.1) is 9.86 Å². The number of hydrogen-bond acceptors (Lipinski definition) is 2. The van der Waals surface area contributed by atoms with Crippen LogP contribution < -0.4 is 0 Å². The van der Waals surface area contributed by atoms with Gasteiger partial charge in [0.25, 0.3) is 0 Å². The van der Waals surface area contributed by atoms with Crippen molar-refractivity contribution < 1.29 is 0 Å². The molecular formula is C6H3Br2N3. The molecule has 0 aliphatic carbocycles. The van der Waals surface area contributed by atoms with Gasteiger partial charge in [-0.25, -0.2) is 0 Å². The Kier molecular flexibility index (Phi) is 1.69. The number of pyridine rings is 1. The number of aromatic amines is 1. The lowest BCUT2D eigenvalue weighted by Crippen LogP contribution is -1.73. The van der Waals surface area contributed by atoms with E-state index in [0.717, 1.165) is 20.0 Å². The molecule has 0 saturated carbocycles. The van der Waals surface area contributed by atoms with Crippen molar-refractivity contribution in [1.29, 1.82) is 0 Å². The molecule has 0 aliphatic rings. The van der Waals surface area contributed by atoms with Crippen LogP contribution in [0, 0.1) is 0 Å². The fraction of sp³-hybridized carbons (Fsp3) is 0. The third-order valence-corrected chi connectivity index (χ3v) is 2.56. The second-order valence-electron chi connectivity index (χ2n) is 2.06. The summed E-state index contributed by atoms with van der Waals surface area (Å²) in [6.45, 7) is 0. The zero-order valence-electron chi connectivity index (χ0n) is 5.31. The average molecular weight is 277 g/mol. The largest absolute Gasteiger partial charge is 0.270 e. The summed E-state index contributed by atoms with van der Waals surface area (Å²) in [5.74, 6) is 0. The number of H-pyrrole nitrogens is 1. The first-order valence-corrected chi connectivity index (χ1v) is 4.50. The van der Waals surface area contributed by atoms with E-state index in [1.165, 1.54) is 0 Å². The summed E-state index contributed by atoms with van der Waals surface area (Å²) in [6.07, 6.45) is 3.48. The molecule has 0 aromatic carbocycles. The molecule has 0 unspecified atom stereocenters. The third kappa shape index (κ3) is 1.08. The van der Waals surface area contributed by atoms with Gasteiger partial charge in [-0.1, -0.05) is 0 Å². The maximum Gasteiger partial charge on any atom is 0.111 e. The topological polar surface area (TPSA) is 41.6 Å². The van der Waals surface area contributed by atoms with Gasteiger partial charge in [-0.2, -0.15) is 5.10 Å². The van der Waals surface area contributed by atoms with E-state index in [4.69, 9.17) is 0 Å². The Hall–Kier alpha value is -0.420. The maximum absolute atomic E-state index is 4.06. The number of fused-ring (bicyclic) bond motifs is 1. The SMILES string of the molecule is Brc1[nH]nc2c(Br)cncc12. The Morgan fingerprint density at radius 1 is 1.27 bits per heavy atom. The zero-order valence-corrected chi connectivity index (χ0v) is 8.48. The van der Waals surface area contributed by atoms with E-state index in [0.29, 0.717) is 0 Å². The van der Waals surface area contributed by atoms with Crippen molar-refractivity contribution in [2.45, 2.75) is 0 Å². The Morgan fingerprint density at radius 3 is 2.82 bits per heavy atom. The van der Waals surface area contributed by atoms with Crippen molar-refractivity contribution in [3.05, 3.63) is 21.5 Å². The first-order chi connectivity index (χ1) is 5.29. The van der Waals surface area contributed by atoms with Gasteiger partial charge >= 0.3 is 0 Å². The van der Waals surface area contributed by atoms with E-state index < -0.39 is 0 Å². The number of nitrogens with zero attached hydrogens (tertiary/aromatic N) is 2. The Bertz CT molecular complexity index is 396. The molecule has 0 amide bonds. The lowest BCUT2D eigenvalue weighted by molar-refractivity contribution is 1.09. The van der Waals surface area contributed by atoms with Gasteiger partial charge in [0.2, 0.25) is 0 Å². The molecular weight excluding hydrogens is 274 g/mol. The van der Waals surface area contributed by atoms with Crippen molar-refractivity contribution in [3.63, 3.8) is 0 Å². The summed E-state index contributed by atoms with van der Waals surface area (Å²) in [6, 6.07) is 0. The molecule has 0 fully saturated rings. The summed E-state index contributed by atoms with van der Waals surface area (Å²) < 4.78 is 1.76. The summed E-state index contributed by atoms with van der Waals surface area (Å²) in [5, 5.41) is 7.86. The van der Waals surface area contributed by atoms with Crippen LogP contribution >= 0.6 is 31.9 Å². The van der Waals surface area contributed by atoms with Crippen molar-refractivity contribution in [2.24, 2.45) is 0 Å². The number of nitrogens with one attached hydrogen (secondary N) is 1. The van der Waals surface area contributed by atoms with Crippen molar-refractivity contribution in [2.75, 3.05) is 0 Å². The molecule has 0 aliphatic heterocycles. The Labute approximate surface area is 79.5 Å². The smallest absolute Gasteiger partial charge is 0.111 e. The number of hydrogen-bond donors (Lipinski definition) is 1. The van der Waals surface area contributed by atoms with Gasteiger partial charge in [0, 0.05) is 12.4 Å². The second-order valence-corrected chi connectivity index (χ2v) is 3.70. The van der Waals surface area contributed by atoms with E-state index in [9.17, 15) is 0 Å². The molecule has 0 atom stereocenters. The van der Waals surface area contributed by atoms with Crippen LogP contribution in [0.25, 0.3) is 10.9 Å². The van der Waals surface area contributed by atoms with Crippen molar-refractivity contribution in [1.82, 2.24) is 15.2 Å². The van der Waals surface area contributed by atoms with E-state index in [1.54, 1.807) is 12.4 Å². The number of rotatable bonds is 0. The Morgan fingerprint density at radius 2 is 2.09 bits per heavy atom. The zero-order chi connectivity index (χ0) is 7.84. The van der Waals surface area contributed by atoms with Crippen LogP contribution in [0.1, 0.15) is 0 Å². The highest BCUT2D eigenvalue weighted by Gasteiger charge is 2.04. The summed E-state index contributed by atoms with van der Waals surface area (Å²) in [4.78, 5) is 4.01. The molecule has 0 bridgehead atoms. The summed E-state index contributed by atoms with van der Waals surface area (Å²) in [5.41, 5.74) is 0.895. The van der Waals surface area contributed by atoms with Crippen LogP contribution in [0.15, 0.2) is 21.5 Å². The molecule has 0 spiro atoms. The normalized spacial score (nSPS) is 10.7. The predicted octanol–water partition coefficient (Wildman–Crippen LogP) is 2.48. The Balaban J connectivity index is 2.94. The first-order valence-electron chi connectivity index (χ1n) is 2.92. The third-order valence-electron chi connectivity index (χ3n) is 1.38. The van der Waals surface area contributed by atoms with Gasteiger partial charge in [-0.3, -0.25) is 10.1 Å². The molecule has 1 N–H and O–H groups in total. The molecule has 2 aromatic rings. The molecule has 0 radical (unpaired) electrons. The summed E-state index contributed by atoms with van der Waals surface area (Å²) >= 11 is 6.67. The monoisotopic (exact) mass is 275 g/mol. The molecule has 2 rings (SSSR count). The minimum absolute atomic E-state index is 0.862. The number of aromatic nitrogens is 3. The van der Waals surface area contributed by atoms with Crippen LogP contribution in [-0.4, -0.2) is 15.2 Å². The highest BCUT2D eigenvalue weighted by Crippen LogP contribution is 2.25. The van der Waals surface area contributed by atoms with Gasteiger partial charge < -0.3 is 0 Å². The van der Waals surface area contributed by atoms with Crippen LogP contribution in [-0.2, 0) is 0 Å². The minimum atomic E-state index is 0.862. The van der Waals surface area contributed by atoms with Crippen LogP contribution in [0.3, 0.4) is 0 Å². The number of halogens is 2. The molecule has 3 nitrogen and oxygen atoms in total. The quantitative estimate of drug-likeness (QED) is 0.803. The minimum Gasteiger partial charge on any atom is -0.270 e. The standard InChI is InChI=1S/C6H3Br2N3/c7-4-2-9-1-3-5(4)10-11-6(3)8/h1-2H,(H,10,11). The van der Waals surface area contributed by atoms with Gasteiger partial charge in [-0.15, -0.1) is 0 Å².